The van der Waals surface area contributed by atoms with Gasteiger partial charge in [0.05, 0.1) is 13.5 Å². The summed E-state index contributed by atoms with van der Waals surface area (Å²) in [6.45, 7) is 0. The zero-order valence-electron chi connectivity index (χ0n) is 7.78. The number of pyridine rings is 1. The number of hydrogen-bond donors (Lipinski definition) is 1. The Morgan fingerprint density at radius 2 is 2.50 bits per heavy atom. The standard InChI is InChI=1S/C10H10N2O2/c1-14-9(13)5-7-4-8-2-3-11-10(8)12-6-7/h2-4,6H,5H2,1H3,(H,11,12). The average Bonchev–Trinajstić information content (AvgIpc) is 2.64. The van der Waals surface area contributed by atoms with E-state index in [1.54, 1.807) is 6.20 Å². The van der Waals surface area contributed by atoms with E-state index in [1.807, 2.05) is 18.3 Å². The first-order valence-corrected chi connectivity index (χ1v) is 4.28. The third kappa shape index (κ3) is 1.59. The molecule has 0 saturated heterocycles. The number of methoxy groups -OCH3 is 1. The number of ether oxygens (including phenoxy) is 1. The number of aromatic amines is 1. The van der Waals surface area contributed by atoms with E-state index in [0.29, 0.717) is 0 Å². The maximum Gasteiger partial charge on any atom is 0.310 e. The molecule has 0 spiro atoms. The van der Waals surface area contributed by atoms with E-state index in [1.165, 1.54) is 7.11 Å². The second kappa shape index (κ2) is 3.49. The molecule has 2 aromatic rings. The molecule has 0 unspecified atom stereocenters. The molecular weight excluding hydrogens is 180 g/mol. The Balaban J connectivity index is 2.30. The van der Waals surface area contributed by atoms with Gasteiger partial charge >= 0.3 is 5.97 Å². The molecule has 1 N–H and O–H groups in total. The number of esters is 1. The van der Waals surface area contributed by atoms with Crippen molar-refractivity contribution in [1.82, 2.24) is 9.97 Å². The number of carbonyl (C=O) groups excluding carboxylic acids is 1. The van der Waals surface area contributed by atoms with Crippen LogP contribution in [-0.4, -0.2) is 23.0 Å². The Morgan fingerprint density at radius 1 is 1.64 bits per heavy atom. The first kappa shape index (κ1) is 8.74. The van der Waals surface area contributed by atoms with Gasteiger partial charge in [-0.05, 0) is 17.7 Å². The fourth-order valence-corrected chi connectivity index (χ4v) is 1.32. The van der Waals surface area contributed by atoms with E-state index >= 15 is 0 Å². The molecule has 0 bridgehead atoms. The van der Waals surface area contributed by atoms with Gasteiger partial charge in [-0.2, -0.15) is 0 Å². The molecule has 0 atom stereocenters. The number of hydrogen-bond acceptors (Lipinski definition) is 3. The van der Waals surface area contributed by atoms with Crippen molar-refractivity contribution in [2.75, 3.05) is 7.11 Å². The highest BCUT2D eigenvalue weighted by Gasteiger charge is 2.04. The van der Waals surface area contributed by atoms with Crippen LogP contribution in [0.1, 0.15) is 5.56 Å². The van der Waals surface area contributed by atoms with Gasteiger partial charge in [-0.15, -0.1) is 0 Å². The second-order valence-corrected chi connectivity index (χ2v) is 3.01. The lowest BCUT2D eigenvalue weighted by atomic mass is 10.2. The van der Waals surface area contributed by atoms with Crippen LogP contribution in [-0.2, 0) is 16.0 Å². The fourth-order valence-electron chi connectivity index (χ4n) is 1.32. The van der Waals surface area contributed by atoms with Gasteiger partial charge in [-0.3, -0.25) is 4.79 Å². The fraction of sp³-hybridized carbons (Fsp3) is 0.200. The van der Waals surface area contributed by atoms with Crippen LogP contribution >= 0.6 is 0 Å². The van der Waals surface area contributed by atoms with Crippen molar-refractivity contribution in [3.8, 4) is 0 Å². The number of H-pyrrole nitrogens is 1. The van der Waals surface area contributed by atoms with E-state index in [4.69, 9.17) is 0 Å². The molecule has 2 heterocycles. The summed E-state index contributed by atoms with van der Waals surface area (Å²) >= 11 is 0. The van der Waals surface area contributed by atoms with E-state index in [0.717, 1.165) is 16.6 Å². The van der Waals surface area contributed by atoms with Gasteiger partial charge in [-0.1, -0.05) is 0 Å². The largest absolute Gasteiger partial charge is 0.469 e. The maximum atomic E-state index is 11.0. The summed E-state index contributed by atoms with van der Waals surface area (Å²) in [4.78, 5) is 18.1. The molecule has 4 heteroatoms. The number of carbonyl (C=O) groups is 1. The summed E-state index contributed by atoms with van der Waals surface area (Å²) in [6, 6.07) is 3.85. The van der Waals surface area contributed by atoms with Crippen molar-refractivity contribution >= 4 is 17.0 Å². The maximum absolute atomic E-state index is 11.0. The smallest absolute Gasteiger partial charge is 0.310 e. The molecule has 0 aliphatic heterocycles. The molecule has 2 rings (SSSR count). The first-order valence-electron chi connectivity index (χ1n) is 4.28. The van der Waals surface area contributed by atoms with Crippen LogP contribution in [0.2, 0.25) is 0 Å². The SMILES string of the molecule is COC(=O)Cc1cnc2[nH]ccc2c1. The Bertz CT molecular complexity index is 462. The van der Waals surface area contributed by atoms with Gasteiger partial charge in [0.15, 0.2) is 0 Å². The topological polar surface area (TPSA) is 55.0 Å². The summed E-state index contributed by atoms with van der Waals surface area (Å²) in [7, 11) is 1.38. The van der Waals surface area contributed by atoms with Crippen molar-refractivity contribution in [1.29, 1.82) is 0 Å². The van der Waals surface area contributed by atoms with Crippen molar-refractivity contribution in [2.45, 2.75) is 6.42 Å². The van der Waals surface area contributed by atoms with Crippen LogP contribution < -0.4 is 0 Å². The van der Waals surface area contributed by atoms with Crippen LogP contribution in [0.4, 0.5) is 0 Å². The molecule has 0 radical (unpaired) electrons. The van der Waals surface area contributed by atoms with Gasteiger partial charge in [0.25, 0.3) is 0 Å². The lowest BCUT2D eigenvalue weighted by Gasteiger charge is -1.99. The molecule has 14 heavy (non-hydrogen) atoms. The minimum atomic E-state index is -0.248. The van der Waals surface area contributed by atoms with Crippen LogP contribution in [0.3, 0.4) is 0 Å². The molecule has 0 aliphatic carbocycles. The Kier molecular flexibility index (Phi) is 2.18. The molecule has 0 aromatic carbocycles. The highest BCUT2D eigenvalue weighted by atomic mass is 16.5. The number of aromatic nitrogens is 2. The quantitative estimate of drug-likeness (QED) is 0.726. The highest BCUT2D eigenvalue weighted by molar-refractivity contribution is 5.78. The number of fused-ring (bicyclic) bond motifs is 1. The van der Waals surface area contributed by atoms with Crippen LogP contribution in [0.15, 0.2) is 24.5 Å². The summed E-state index contributed by atoms with van der Waals surface area (Å²) in [6.07, 6.45) is 3.76. The molecule has 0 amide bonds. The van der Waals surface area contributed by atoms with Crippen molar-refractivity contribution in [3.05, 3.63) is 30.1 Å². The van der Waals surface area contributed by atoms with E-state index < -0.39 is 0 Å². The summed E-state index contributed by atoms with van der Waals surface area (Å²) in [5, 5.41) is 1.01. The van der Waals surface area contributed by atoms with Gasteiger partial charge in [0, 0.05) is 17.8 Å². The summed E-state index contributed by atoms with van der Waals surface area (Å²) < 4.78 is 4.57. The molecule has 0 saturated carbocycles. The van der Waals surface area contributed by atoms with Gasteiger partial charge in [0.1, 0.15) is 5.65 Å². The highest BCUT2D eigenvalue weighted by Crippen LogP contribution is 2.11. The van der Waals surface area contributed by atoms with Gasteiger partial charge < -0.3 is 9.72 Å². The lowest BCUT2D eigenvalue weighted by molar-refractivity contribution is -0.139. The Morgan fingerprint density at radius 3 is 3.29 bits per heavy atom. The lowest BCUT2D eigenvalue weighted by Crippen LogP contribution is -2.04. The molecular formula is C10H10N2O2. The average molecular weight is 190 g/mol. The van der Waals surface area contributed by atoms with E-state index in [-0.39, 0.29) is 12.4 Å². The third-order valence-corrected chi connectivity index (χ3v) is 2.03. The normalized spacial score (nSPS) is 10.4. The number of nitrogens with one attached hydrogen (secondary N) is 1. The van der Waals surface area contributed by atoms with Crippen LogP contribution in [0.5, 0.6) is 0 Å². The predicted octanol–water partition coefficient (Wildman–Crippen LogP) is 1.28. The molecule has 0 aliphatic rings. The Labute approximate surface area is 80.9 Å². The van der Waals surface area contributed by atoms with Crippen LogP contribution in [0, 0.1) is 0 Å². The van der Waals surface area contributed by atoms with Crippen molar-refractivity contribution in [3.63, 3.8) is 0 Å². The minimum absolute atomic E-state index is 0.248. The second-order valence-electron chi connectivity index (χ2n) is 3.01. The molecule has 0 fully saturated rings. The molecule has 4 nitrogen and oxygen atoms in total. The monoisotopic (exact) mass is 190 g/mol. The number of rotatable bonds is 2. The van der Waals surface area contributed by atoms with E-state index in [2.05, 4.69) is 14.7 Å². The summed E-state index contributed by atoms with van der Waals surface area (Å²) in [5.41, 5.74) is 1.70. The van der Waals surface area contributed by atoms with E-state index in [9.17, 15) is 4.79 Å². The zero-order valence-corrected chi connectivity index (χ0v) is 7.78. The minimum Gasteiger partial charge on any atom is -0.469 e. The van der Waals surface area contributed by atoms with Gasteiger partial charge in [0.2, 0.25) is 0 Å². The number of nitrogens with zero attached hydrogens (tertiary/aromatic N) is 1. The van der Waals surface area contributed by atoms with Crippen LogP contribution in [0.25, 0.3) is 11.0 Å². The third-order valence-electron chi connectivity index (χ3n) is 2.03. The van der Waals surface area contributed by atoms with Crippen molar-refractivity contribution in [2.24, 2.45) is 0 Å². The molecule has 2 aromatic heterocycles. The first-order chi connectivity index (χ1) is 6.79. The predicted molar refractivity (Wildman–Crippen MR) is 51.8 cm³/mol. The zero-order chi connectivity index (χ0) is 9.97. The summed E-state index contributed by atoms with van der Waals surface area (Å²) in [5.74, 6) is -0.248. The Hall–Kier alpha value is -1.84. The van der Waals surface area contributed by atoms with Gasteiger partial charge in [-0.25, -0.2) is 4.98 Å². The van der Waals surface area contributed by atoms with Crippen molar-refractivity contribution < 1.29 is 9.53 Å². The molecule has 72 valence electrons.